The highest BCUT2D eigenvalue weighted by atomic mass is 16.5. The van der Waals surface area contributed by atoms with Crippen LogP contribution in [0.15, 0.2) is 0 Å². The van der Waals surface area contributed by atoms with Crippen molar-refractivity contribution in [3.8, 4) is 5.88 Å². The molecular weight excluding hydrogens is 154 g/mol. The molecule has 0 unspecified atom stereocenters. The Morgan fingerprint density at radius 2 is 2.42 bits per heavy atom. The van der Waals surface area contributed by atoms with E-state index in [9.17, 15) is 0 Å². The van der Waals surface area contributed by atoms with Crippen LogP contribution in [0, 0.1) is 0 Å². The predicted octanol–water partition coefficient (Wildman–Crippen LogP) is 0.0744. The fourth-order valence-electron chi connectivity index (χ4n) is 1.67. The summed E-state index contributed by atoms with van der Waals surface area (Å²) in [6, 6.07) is 0. The van der Waals surface area contributed by atoms with Crippen LogP contribution >= 0.6 is 0 Å². The molecule has 1 aliphatic heterocycles. The zero-order valence-electron chi connectivity index (χ0n) is 7.42. The molecule has 0 saturated carbocycles. The van der Waals surface area contributed by atoms with Crippen molar-refractivity contribution in [3.05, 3.63) is 11.3 Å². The van der Waals surface area contributed by atoms with Crippen LogP contribution in [0.4, 0.5) is 0 Å². The van der Waals surface area contributed by atoms with Crippen molar-refractivity contribution in [2.45, 2.75) is 13.0 Å². The third-order valence-corrected chi connectivity index (χ3v) is 2.21. The average Bonchev–Trinajstić information content (AvgIpc) is 2.40. The molecule has 12 heavy (non-hydrogen) atoms. The summed E-state index contributed by atoms with van der Waals surface area (Å²) in [5, 5.41) is 7.63. The zero-order valence-corrected chi connectivity index (χ0v) is 7.42. The Morgan fingerprint density at radius 3 is 3.17 bits per heavy atom. The van der Waals surface area contributed by atoms with Gasteiger partial charge in [0.2, 0.25) is 5.88 Å². The molecule has 0 amide bonds. The summed E-state index contributed by atoms with van der Waals surface area (Å²) < 4.78 is 7.06. The van der Waals surface area contributed by atoms with Gasteiger partial charge in [-0.15, -0.1) is 0 Å². The van der Waals surface area contributed by atoms with Gasteiger partial charge in [-0.3, -0.25) is 0 Å². The minimum Gasteiger partial charge on any atom is -0.481 e. The first kappa shape index (κ1) is 7.61. The molecule has 4 heteroatoms. The van der Waals surface area contributed by atoms with E-state index in [0.717, 1.165) is 31.1 Å². The molecule has 0 bridgehead atoms. The number of aromatic nitrogens is 2. The Bertz CT molecular complexity index is 293. The van der Waals surface area contributed by atoms with Gasteiger partial charge in [0, 0.05) is 19.2 Å². The first-order valence-corrected chi connectivity index (χ1v) is 4.12. The zero-order chi connectivity index (χ0) is 8.55. The SMILES string of the molecule is COc1c2c(nn1C)CNCC2. The second-order valence-corrected chi connectivity index (χ2v) is 2.98. The Kier molecular flexibility index (Phi) is 1.77. The Hall–Kier alpha value is -1.03. The lowest BCUT2D eigenvalue weighted by Gasteiger charge is -2.11. The topological polar surface area (TPSA) is 39.1 Å². The van der Waals surface area contributed by atoms with Gasteiger partial charge in [0.15, 0.2) is 0 Å². The summed E-state index contributed by atoms with van der Waals surface area (Å²) in [5.74, 6) is 0.909. The highest BCUT2D eigenvalue weighted by Crippen LogP contribution is 2.23. The summed E-state index contributed by atoms with van der Waals surface area (Å²) in [4.78, 5) is 0. The molecule has 1 aromatic rings. The van der Waals surface area contributed by atoms with E-state index in [1.807, 2.05) is 7.05 Å². The third-order valence-electron chi connectivity index (χ3n) is 2.21. The van der Waals surface area contributed by atoms with Gasteiger partial charge >= 0.3 is 0 Å². The largest absolute Gasteiger partial charge is 0.481 e. The molecule has 1 aromatic heterocycles. The fourth-order valence-corrected chi connectivity index (χ4v) is 1.67. The minimum absolute atomic E-state index is 0.868. The van der Waals surface area contributed by atoms with E-state index in [1.165, 1.54) is 5.56 Å². The molecule has 0 saturated heterocycles. The molecule has 2 rings (SSSR count). The number of fused-ring (bicyclic) bond motifs is 1. The highest BCUT2D eigenvalue weighted by molar-refractivity contribution is 5.33. The van der Waals surface area contributed by atoms with E-state index >= 15 is 0 Å². The fraction of sp³-hybridized carbons (Fsp3) is 0.625. The number of rotatable bonds is 1. The maximum absolute atomic E-state index is 5.26. The van der Waals surface area contributed by atoms with Crippen LogP contribution in [0.25, 0.3) is 0 Å². The van der Waals surface area contributed by atoms with Crippen LogP contribution < -0.4 is 10.1 Å². The first-order valence-electron chi connectivity index (χ1n) is 4.12. The standard InChI is InChI=1S/C8H13N3O/c1-11-8(12-2)6-3-4-9-5-7(6)10-11/h9H,3-5H2,1-2H3. The van der Waals surface area contributed by atoms with E-state index < -0.39 is 0 Å². The van der Waals surface area contributed by atoms with Crippen molar-refractivity contribution in [3.63, 3.8) is 0 Å². The van der Waals surface area contributed by atoms with Crippen molar-refractivity contribution in [2.75, 3.05) is 13.7 Å². The van der Waals surface area contributed by atoms with Gasteiger partial charge in [-0.2, -0.15) is 5.10 Å². The summed E-state index contributed by atoms with van der Waals surface area (Å²) in [6.07, 6.45) is 1.02. The van der Waals surface area contributed by atoms with Crippen molar-refractivity contribution in [1.29, 1.82) is 0 Å². The maximum Gasteiger partial charge on any atom is 0.214 e. The highest BCUT2D eigenvalue weighted by Gasteiger charge is 2.18. The molecule has 66 valence electrons. The number of hydrogen-bond acceptors (Lipinski definition) is 3. The number of methoxy groups -OCH3 is 1. The van der Waals surface area contributed by atoms with E-state index in [4.69, 9.17) is 4.74 Å². The molecule has 4 nitrogen and oxygen atoms in total. The van der Waals surface area contributed by atoms with Gasteiger partial charge in [-0.25, -0.2) is 4.68 Å². The third kappa shape index (κ3) is 0.992. The number of hydrogen-bond donors (Lipinski definition) is 1. The first-order chi connectivity index (χ1) is 5.83. The molecule has 1 N–H and O–H groups in total. The summed E-state index contributed by atoms with van der Waals surface area (Å²) >= 11 is 0. The Labute approximate surface area is 71.5 Å². The number of aryl methyl sites for hydroxylation is 1. The molecule has 0 spiro atoms. The second-order valence-electron chi connectivity index (χ2n) is 2.98. The lowest BCUT2D eigenvalue weighted by molar-refractivity contribution is 0.369. The average molecular weight is 167 g/mol. The van der Waals surface area contributed by atoms with E-state index in [2.05, 4.69) is 10.4 Å². The van der Waals surface area contributed by atoms with Gasteiger partial charge in [0.25, 0.3) is 0 Å². The van der Waals surface area contributed by atoms with Crippen LogP contribution in [0.3, 0.4) is 0 Å². The molecule has 0 aliphatic carbocycles. The van der Waals surface area contributed by atoms with Gasteiger partial charge in [-0.05, 0) is 13.0 Å². The quantitative estimate of drug-likeness (QED) is 0.643. The van der Waals surface area contributed by atoms with Crippen LogP contribution in [-0.4, -0.2) is 23.4 Å². The molecule has 0 aromatic carbocycles. The summed E-state index contributed by atoms with van der Waals surface area (Å²) in [5.41, 5.74) is 2.39. The van der Waals surface area contributed by atoms with Gasteiger partial charge in [-0.1, -0.05) is 0 Å². The molecular formula is C8H13N3O. The Morgan fingerprint density at radius 1 is 1.58 bits per heavy atom. The lowest BCUT2D eigenvalue weighted by atomic mass is 10.1. The smallest absolute Gasteiger partial charge is 0.214 e. The van der Waals surface area contributed by atoms with Crippen molar-refractivity contribution in [2.24, 2.45) is 7.05 Å². The number of ether oxygens (including phenoxy) is 1. The number of nitrogens with one attached hydrogen (secondary N) is 1. The van der Waals surface area contributed by atoms with E-state index in [1.54, 1.807) is 11.8 Å². The molecule has 1 aliphatic rings. The van der Waals surface area contributed by atoms with Crippen molar-refractivity contribution in [1.82, 2.24) is 15.1 Å². The monoisotopic (exact) mass is 167 g/mol. The molecule has 0 atom stereocenters. The van der Waals surface area contributed by atoms with Crippen LogP contribution in [0.5, 0.6) is 5.88 Å². The van der Waals surface area contributed by atoms with Crippen molar-refractivity contribution >= 4 is 0 Å². The molecule has 0 radical (unpaired) electrons. The van der Waals surface area contributed by atoms with Gasteiger partial charge in [0.05, 0.1) is 12.8 Å². The van der Waals surface area contributed by atoms with E-state index in [0.29, 0.717) is 0 Å². The van der Waals surface area contributed by atoms with Crippen LogP contribution in [-0.2, 0) is 20.0 Å². The van der Waals surface area contributed by atoms with Crippen LogP contribution in [0.1, 0.15) is 11.3 Å². The molecule has 0 fully saturated rings. The lowest BCUT2D eigenvalue weighted by Crippen LogP contribution is -2.23. The number of nitrogens with zero attached hydrogens (tertiary/aromatic N) is 2. The van der Waals surface area contributed by atoms with Crippen molar-refractivity contribution < 1.29 is 4.74 Å². The maximum atomic E-state index is 5.26. The summed E-state index contributed by atoms with van der Waals surface area (Å²) in [7, 11) is 3.61. The minimum atomic E-state index is 0.868. The normalized spacial score (nSPS) is 15.8. The van der Waals surface area contributed by atoms with Gasteiger partial charge in [0.1, 0.15) is 0 Å². The van der Waals surface area contributed by atoms with Crippen LogP contribution in [0.2, 0.25) is 0 Å². The molecule has 2 heterocycles. The van der Waals surface area contributed by atoms with Gasteiger partial charge < -0.3 is 10.1 Å². The van der Waals surface area contributed by atoms with E-state index in [-0.39, 0.29) is 0 Å². The summed E-state index contributed by atoms with van der Waals surface area (Å²) in [6.45, 7) is 1.89. The second kappa shape index (κ2) is 2.79. The Balaban J connectivity index is 2.46. The predicted molar refractivity (Wildman–Crippen MR) is 45.2 cm³/mol.